The standard InChI is InChI=1S/C23H33N5O3/c1-14(2)31-18-6-4-17(5-7-18)22(29)27-23(30)20-21-26-19(16-8-10-24-11-9-16)12-15(3)28(21)13-25-20/h12-14,16-18,24H,4-11H2,1-3H3,(H,27,29,30). The van der Waals surface area contributed by atoms with Crippen LogP contribution in [0.3, 0.4) is 0 Å². The van der Waals surface area contributed by atoms with E-state index >= 15 is 0 Å². The van der Waals surface area contributed by atoms with E-state index in [4.69, 9.17) is 9.72 Å². The summed E-state index contributed by atoms with van der Waals surface area (Å²) in [5.41, 5.74) is 2.72. The molecule has 0 atom stereocenters. The van der Waals surface area contributed by atoms with Gasteiger partial charge in [-0.1, -0.05) is 0 Å². The van der Waals surface area contributed by atoms with Crippen LogP contribution in [-0.4, -0.2) is 51.5 Å². The Labute approximate surface area is 183 Å². The van der Waals surface area contributed by atoms with Gasteiger partial charge in [-0.05, 0) is 78.5 Å². The number of aryl methyl sites for hydroxylation is 1. The Morgan fingerprint density at radius 2 is 1.87 bits per heavy atom. The first-order valence-electron chi connectivity index (χ1n) is 11.5. The number of rotatable bonds is 5. The Balaban J connectivity index is 1.45. The van der Waals surface area contributed by atoms with Gasteiger partial charge in [0.05, 0.1) is 12.2 Å². The van der Waals surface area contributed by atoms with Crippen LogP contribution in [0.5, 0.6) is 0 Å². The van der Waals surface area contributed by atoms with E-state index in [0.29, 0.717) is 11.6 Å². The van der Waals surface area contributed by atoms with E-state index in [1.165, 1.54) is 0 Å². The molecule has 0 bridgehead atoms. The summed E-state index contributed by atoms with van der Waals surface area (Å²) in [7, 11) is 0. The molecule has 2 fully saturated rings. The van der Waals surface area contributed by atoms with Crippen molar-refractivity contribution in [3.8, 4) is 0 Å². The number of aromatic nitrogens is 3. The molecule has 2 aromatic heterocycles. The molecule has 2 N–H and O–H groups in total. The summed E-state index contributed by atoms with van der Waals surface area (Å²) < 4.78 is 7.67. The molecule has 8 heteroatoms. The molecule has 1 saturated carbocycles. The zero-order valence-corrected chi connectivity index (χ0v) is 18.7. The van der Waals surface area contributed by atoms with Gasteiger partial charge >= 0.3 is 0 Å². The Bertz CT molecular complexity index is 940. The molecule has 8 nitrogen and oxygen atoms in total. The van der Waals surface area contributed by atoms with Crippen LogP contribution in [0.2, 0.25) is 0 Å². The molecule has 3 heterocycles. The van der Waals surface area contributed by atoms with Crippen LogP contribution in [-0.2, 0) is 9.53 Å². The number of imidazole rings is 1. The second-order valence-electron chi connectivity index (χ2n) is 9.11. The number of hydrogen-bond acceptors (Lipinski definition) is 6. The number of carbonyl (C=O) groups excluding carboxylic acids is 2. The Morgan fingerprint density at radius 3 is 2.55 bits per heavy atom. The van der Waals surface area contributed by atoms with Gasteiger partial charge in [0.15, 0.2) is 11.3 Å². The minimum absolute atomic E-state index is 0.162. The zero-order valence-electron chi connectivity index (χ0n) is 18.7. The fourth-order valence-electron chi connectivity index (χ4n) is 4.75. The second kappa shape index (κ2) is 9.44. The van der Waals surface area contributed by atoms with E-state index in [9.17, 15) is 9.59 Å². The second-order valence-corrected chi connectivity index (χ2v) is 9.11. The molecule has 0 spiro atoms. The highest BCUT2D eigenvalue weighted by atomic mass is 16.5. The van der Waals surface area contributed by atoms with Crippen molar-refractivity contribution in [1.29, 1.82) is 0 Å². The highest BCUT2D eigenvalue weighted by molar-refractivity contribution is 6.07. The summed E-state index contributed by atoms with van der Waals surface area (Å²) in [6.45, 7) is 7.99. The number of hydrogen-bond donors (Lipinski definition) is 2. The summed E-state index contributed by atoms with van der Waals surface area (Å²) in [5, 5.41) is 5.94. The lowest BCUT2D eigenvalue weighted by atomic mass is 9.86. The number of carbonyl (C=O) groups is 2. The molecular formula is C23H33N5O3. The molecule has 31 heavy (non-hydrogen) atoms. The first kappa shape index (κ1) is 21.9. The van der Waals surface area contributed by atoms with Gasteiger partial charge in [0, 0.05) is 23.2 Å². The van der Waals surface area contributed by atoms with Gasteiger partial charge in [0.2, 0.25) is 5.91 Å². The third-order valence-corrected chi connectivity index (χ3v) is 6.43. The summed E-state index contributed by atoms with van der Waals surface area (Å²) in [6, 6.07) is 2.08. The van der Waals surface area contributed by atoms with Gasteiger partial charge < -0.3 is 10.1 Å². The van der Waals surface area contributed by atoms with Crippen molar-refractivity contribution in [1.82, 2.24) is 25.0 Å². The van der Waals surface area contributed by atoms with Crippen molar-refractivity contribution < 1.29 is 14.3 Å². The largest absolute Gasteiger partial charge is 0.376 e. The van der Waals surface area contributed by atoms with Gasteiger partial charge in [0.25, 0.3) is 5.91 Å². The number of nitrogens with one attached hydrogen (secondary N) is 2. The van der Waals surface area contributed by atoms with Crippen molar-refractivity contribution in [3.05, 3.63) is 29.5 Å². The van der Waals surface area contributed by atoms with Gasteiger partial charge in [-0.3, -0.25) is 19.3 Å². The summed E-state index contributed by atoms with van der Waals surface area (Å²) in [6.07, 6.45) is 7.22. The first-order chi connectivity index (χ1) is 14.9. The zero-order chi connectivity index (χ0) is 22.0. The van der Waals surface area contributed by atoms with Crippen LogP contribution in [0.25, 0.3) is 5.65 Å². The van der Waals surface area contributed by atoms with Crippen molar-refractivity contribution in [3.63, 3.8) is 0 Å². The van der Waals surface area contributed by atoms with Crippen LogP contribution in [0.1, 0.15) is 80.2 Å². The number of imide groups is 1. The maximum absolute atomic E-state index is 12.9. The monoisotopic (exact) mass is 427 g/mol. The third kappa shape index (κ3) is 4.96. The molecule has 0 unspecified atom stereocenters. The van der Waals surface area contributed by atoms with Gasteiger partial charge in [-0.2, -0.15) is 0 Å². The van der Waals surface area contributed by atoms with Crippen LogP contribution in [0, 0.1) is 12.8 Å². The molecular weight excluding hydrogens is 394 g/mol. The lowest BCUT2D eigenvalue weighted by Gasteiger charge is -2.28. The van der Waals surface area contributed by atoms with Crippen molar-refractivity contribution in [2.45, 2.75) is 77.4 Å². The molecule has 1 aliphatic heterocycles. The summed E-state index contributed by atoms with van der Waals surface area (Å²) >= 11 is 0. The van der Waals surface area contributed by atoms with Crippen molar-refractivity contribution >= 4 is 17.5 Å². The molecule has 2 amide bonds. The van der Waals surface area contributed by atoms with Gasteiger partial charge in [-0.25, -0.2) is 9.97 Å². The van der Waals surface area contributed by atoms with Crippen LogP contribution in [0.4, 0.5) is 0 Å². The molecule has 2 aliphatic rings. The highest BCUT2D eigenvalue weighted by Crippen LogP contribution is 2.28. The number of ether oxygens (including phenoxy) is 1. The van der Waals surface area contributed by atoms with E-state index in [0.717, 1.165) is 63.0 Å². The molecule has 168 valence electrons. The van der Waals surface area contributed by atoms with E-state index < -0.39 is 5.91 Å². The molecule has 0 radical (unpaired) electrons. The Kier molecular flexibility index (Phi) is 6.67. The van der Waals surface area contributed by atoms with E-state index in [1.54, 1.807) is 6.33 Å². The number of piperidine rings is 1. The Hall–Kier alpha value is -2.32. The fourth-order valence-corrected chi connectivity index (χ4v) is 4.75. The van der Waals surface area contributed by atoms with Crippen molar-refractivity contribution in [2.24, 2.45) is 5.92 Å². The maximum Gasteiger partial charge on any atom is 0.280 e. The van der Waals surface area contributed by atoms with Gasteiger partial charge in [0.1, 0.15) is 6.33 Å². The normalized spacial score (nSPS) is 22.7. The molecule has 1 saturated heterocycles. The Morgan fingerprint density at radius 1 is 1.16 bits per heavy atom. The number of amides is 2. The van der Waals surface area contributed by atoms with Crippen molar-refractivity contribution in [2.75, 3.05) is 13.1 Å². The van der Waals surface area contributed by atoms with E-state index in [2.05, 4.69) is 21.7 Å². The van der Waals surface area contributed by atoms with E-state index in [-0.39, 0.29) is 29.7 Å². The molecule has 4 rings (SSSR count). The molecule has 0 aromatic carbocycles. The predicted molar refractivity (Wildman–Crippen MR) is 117 cm³/mol. The lowest BCUT2D eigenvalue weighted by Crippen LogP contribution is -2.38. The lowest BCUT2D eigenvalue weighted by molar-refractivity contribution is -0.126. The fraction of sp³-hybridized carbons (Fsp3) is 0.652. The minimum Gasteiger partial charge on any atom is -0.376 e. The number of nitrogens with zero attached hydrogens (tertiary/aromatic N) is 3. The van der Waals surface area contributed by atoms with Crippen LogP contribution < -0.4 is 10.6 Å². The third-order valence-electron chi connectivity index (χ3n) is 6.43. The predicted octanol–water partition coefficient (Wildman–Crippen LogP) is 2.74. The summed E-state index contributed by atoms with van der Waals surface area (Å²) in [4.78, 5) is 34.7. The average Bonchev–Trinajstić information content (AvgIpc) is 3.19. The summed E-state index contributed by atoms with van der Waals surface area (Å²) in [5.74, 6) is -0.478. The van der Waals surface area contributed by atoms with Gasteiger partial charge in [-0.15, -0.1) is 0 Å². The van der Waals surface area contributed by atoms with Crippen LogP contribution in [0.15, 0.2) is 12.4 Å². The highest BCUT2D eigenvalue weighted by Gasteiger charge is 2.29. The SMILES string of the molecule is Cc1cc(C2CCNCC2)nc2c(C(=O)NC(=O)C3CCC(OC(C)C)CC3)ncn12. The average molecular weight is 428 g/mol. The number of fused-ring (bicyclic) bond motifs is 1. The molecule has 1 aliphatic carbocycles. The first-order valence-corrected chi connectivity index (χ1v) is 11.5. The maximum atomic E-state index is 12.9. The molecule has 2 aromatic rings. The topological polar surface area (TPSA) is 97.6 Å². The quantitative estimate of drug-likeness (QED) is 0.712. The van der Waals surface area contributed by atoms with Crippen LogP contribution >= 0.6 is 0 Å². The minimum atomic E-state index is -0.470. The smallest absolute Gasteiger partial charge is 0.280 e. The van der Waals surface area contributed by atoms with E-state index in [1.807, 2.05) is 25.2 Å².